The Morgan fingerprint density at radius 2 is 1.76 bits per heavy atom. The van der Waals surface area contributed by atoms with E-state index in [0.717, 1.165) is 4.90 Å². The van der Waals surface area contributed by atoms with Crippen LogP contribution in [-0.4, -0.2) is 68.9 Å². The minimum Gasteiger partial charge on any atom is -0.474 e. The van der Waals surface area contributed by atoms with Gasteiger partial charge in [0.15, 0.2) is 5.82 Å². The van der Waals surface area contributed by atoms with E-state index in [1.54, 1.807) is 41.5 Å². The molecule has 0 bridgehead atoms. The maximum atomic E-state index is 16.4. The average molecular weight is 626 g/mol. The Hall–Kier alpha value is -4.72. The maximum Gasteiger partial charge on any atom is 0.413 e. The van der Waals surface area contributed by atoms with Crippen LogP contribution in [0.2, 0.25) is 0 Å². The number of carboxylic acid groups (broad SMARTS) is 1. The third-order valence-electron chi connectivity index (χ3n) is 7.80. The summed E-state index contributed by atoms with van der Waals surface area (Å²) in [5.41, 5.74) is -1.11. The van der Waals surface area contributed by atoms with Crippen LogP contribution >= 0.6 is 0 Å². The number of nitrogens with zero attached hydrogens (tertiary/aromatic N) is 3. The van der Waals surface area contributed by atoms with Gasteiger partial charge >= 0.3 is 18.3 Å². The van der Waals surface area contributed by atoms with Crippen molar-refractivity contribution in [3.8, 4) is 17.0 Å². The second-order valence-electron chi connectivity index (χ2n) is 12.7. The number of nitrogens with one attached hydrogen (secondary N) is 2. The Bertz CT molecular complexity index is 1680. The molecule has 3 heterocycles. The Balaban J connectivity index is 1.53. The molecular weight excluding hydrogens is 589 g/mol. The van der Waals surface area contributed by atoms with E-state index >= 15 is 4.39 Å². The summed E-state index contributed by atoms with van der Waals surface area (Å²) in [6.07, 6.45) is 0.542. The highest BCUT2D eigenvalue weighted by molar-refractivity contribution is 6.04. The highest BCUT2D eigenvalue weighted by Crippen LogP contribution is 2.42. The standard InChI is InChI=1S/C31H36FN5O8/c1-15-20(13-34-26-25(15)37(29(40)41)7-8-43-26)19-9-16-10-22(35-27(38)44-18-11-17(12-18)31(5,6)42)33-14-21(16)24(23(19)32)36-28(39)45-30(2,3)4/h9-10,13-14,17-18,42H,7-8,11-12H2,1-6H3,(H,36,39)(H,40,41)(H,33,35,38). The molecule has 5 rings (SSSR count). The SMILES string of the molecule is Cc1c(-c2cc3cc(NC(=O)OC4CC(C(C)(C)O)C4)ncc3c(NC(=O)OC(C)(C)C)c2F)cnc2c1N(C(=O)O)CCO2. The van der Waals surface area contributed by atoms with E-state index in [1.165, 1.54) is 24.5 Å². The molecule has 0 saturated heterocycles. The van der Waals surface area contributed by atoms with Crippen LogP contribution in [0.15, 0.2) is 24.5 Å². The number of anilines is 3. The van der Waals surface area contributed by atoms with Crippen LogP contribution in [0.1, 0.15) is 53.0 Å². The first-order chi connectivity index (χ1) is 21.0. The van der Waals surface area contributed by atoms with E-state index < -0.39 is 35.3 Å². The highest BCUT2D eigenvalue weighted by Gasteiger charge is 2.41. The number of fused-ring (bicyclic) bond motifs is 2. The van der Waals surface area contributed by atoms with Gasteiger partial charge in [0.1, 0.15) is 29.8 Å². The van der Waals surface area contributed by atoms with Crippen molar-refractivity contribution in [1.82, 2.24) is 9.97 Å². The van der Waals surface area contributed by atoms with E-state index in [-0.39, 0.29) is 64.8 Å². The molecule has 1 aliphatic heterocycles. The molecule has 14 heteroatoms. The lowest BCUT2D eigenvalue weighted by atomic mass is 9.72. The van der Waals surface area contributed by atoms with Gasteiger partial charge in [-0.1, -0.05) is 0 Å². The van der Waals surface area contributed by atoms with Gasteiger partial charge in [-0.3, -0.25) is 15.5 Å². The zero-order chi connectivity index (χ0) is 32.8. The van der Waals surface area contributed by atoms with Crippen LogP contribution in [0, 0.1) is 18.7 Å². The minimum atomic E-state index is -1.21. The molecule has 2 aliphatic rings. The first-order valence-electron chi connectivity index (χ1n) is 14.5. The van der Waals surface area contributed by atoms with Gasteiger partial charge in [0, 0.05) is 28.9 Å². The zero-order valence-electron chi connectivity index (χ0n) is 25.9. The molecule has 45 heavy (non-hydrogen) atoms. The summed E-state index contributed by atoms with van der Waals surface area (Å²) in [6.45, 7) is 10.3. The van der Waals surface area contributed by atoms with E-state index in [1.807, 2.05) is 0 Å². The smallest absolute Gasteiger partial charge is 0.413 e. The Morgan fingerprint density at radius 1 is 1.04 bits per heavy atom. The first-order valence-corrected chi connectivity index (χ1v) is 14.5. The number of carbonyl (C=O) groups excluding carboxylic acids is 2. The molecule has 4 N–H and O–H groups in total. The fourth-order valence-corrected chi connectivity index (χ4v) is 5.39. The van der Waals surface area contributed by atoms with E-state index in [0.29, 0.717) is 23.8 Å². The van der Waals surface area contributed by atoms with Gasteiger partial charge in [0.2, 0.25) is 5.88 Å². The van der Waals surface area contributed by atoms with Crippen molar-refractivity contribution in [2.75, 3.05) is 28.7 Å². The van der Waals surface area contributed by atoms with Gasteiger partial charge in [0.25, 0.3) is 0 Å². The predicted octanol–water partition coefficient (Wildman–Crippen LogP) is 6.07. The quantitative estimate of drug-likeness (QED) is 0.261. The fraction of sp³-hybridized carbons (Fsp3) is 0.452. The number of aromatic nitrogens is 2. The molecule has 1 fully saturated rings. The second kappa shape index (κ2) is 11.7. The molecule has 3 aromatic rings. The van der Waals surface area contributed by atoms with Crippen LogP contribution in [0.4, 0.5) is 36.0 Å². The third kappa shape index (κ3) is 6.70. The van der Waals surface area contributed by atoms with Crippen molar-refractivity contribution < 1.29 is 43.2 Å². The van der Waals surface area contributed by atoms with Gasteiger partial charge in [-0.25, -0.2) is 28.7 Å². The molecule has 0 atom stereocenters. The lowest BCUT2D eigenvalue weighted by Crippen LogP contribution is -2.45. The molecule has 0 spiro atoms. The maximum absolute atomic E-state index is 16.4. The molecule has 0 radical (unpaired) electrons. The number of hydrogen-bond acceptors (Lipinski definition) is 9. The van der Waals surface area contributed by atoms with Gasteiger partial charge in [0.05, 0.1) is 17.8 Å². The topological polar surface area (TPSA) is 172 Å². The van der Waals surface area contributed by atoms with Gasteiger partial charge in [-0.2, -0.15) is 0 Å². The summed E-state index contributed by atoms with van der Waals surface area (Å²) < 4.78 is 32.7. The number of aliphatic hydroxyl groups is 1. The number of hydrogen-bond donors (Lipinski definition) is 4. The second-order valence-corrected chi connectivity index (χ2v) is 12.7. The molecule has 240 valence electrons. The molecule has 2 aromatic heterocycles. The van der Waals surface area contributed by atoms with Crippen LogP contribution in [-0.2, 0) is 9.47 Å². The normalized spacial score (nSPS) is 17.9. The third-order valence-corrected chi connectivity index (χ3v) is 7.80. The molecule has 0 unspecified atom stereocenters. The summed E-state index contributed by atoms with van der Waals surface area (Å²) in [7, 11) is 0. The van der Waals surface area contributed by atoms with E-state index in [2.05, 4.69) is 20.6 Å². The molecule has 3 amide bonds. The summed E-state index contributed by atoms with van der Waals surface area (Å²) in [4.78, 5) is 46.9. The molecule has 13 nitrogen and oxygen atoms in total. The zero-order valence-corrected chi connectivity index (χ0v) is 25.9. The first kappa shape index (κ1) is 31.7. The van der Waals surface area contributed by atoms with Crippen molar-refractivity contribution in [3.05, 3.63) is 35.9 Å². The number of halogens is 1. The highest BCUT2D eigenvalue weighted by atomic mass is 19.1. The Labute approximate surface area is 258 Å². The largest absolute Gasteiger partial charge is 0.474 e. The van der Waals surface area contributed by atoms with Crippen molar-refractivity contribution in [3.63, 3.8) is 0 Å². The number of rotatable bonds is 5. The van der Waals surface area contributed by atoms with Gasteiger partial charge in [-0.15, -0.1) is 0 Å². The van der Waals surface area contributed by atoms with Crippen molar-refractivity contribution in [1.29, 1.82) is 0 Å². The van der Waals surface area contributed by atoms with Crippen molar-refractivity contribution in [2.45, 2.75) is 71.7 Å². The van der Waals surface area contributed by atoms with Crippen LogP contribution in [0.5, 0.6) is 5.88 Å². The summed E-state index contributed by atoms with van der Waals surface area (Å²) >= 11 is 0. The number of benzene rings is 1. The summed E-state index contributed by atoms with van der Waals surface area (Å²) in [6, 6.07) is 2.99. The average Bonchev–Trinajstić information content (AvgIpc) is 2.90. The predicted molar refractivity (Wildman–Crippen MR) is 163 cm³/mol. The van der Waals surface area contributed by atoms with E-state index in [9.17, 15) is 24.6 Å². The monoisotopic (exact) mass is 625 g/mol. The molecular formula is C31H36FN5O8. The van der Waals surface area contributed by atoms with E-state index in [4.69, 9.17) is 14.2 Å². The van der Waals surface area contributed by atoms with Gasteiger partial charge in [-0.05, 0) is 83.4 Å². The number of ether oxygens (including phenoxy) is 3. The summed E-state index contributed by atoms with van der Waals surface area (Å²) in [5, 5.41) is 25.6. The van der Waals surface area contributed by atoms with Crippen LogP contribution < -0.4 is 20.3 Å². The minimum absolute atomic E-state index is 0.00382. The van der Waals surface area contributed by atoms with Crippen LogP contribution in [0.3, 0.4) is 0 Å². The van der Waals surface area contributed by atoms with Crippen molar-refractivity contribution in [2.24, 2.45) is 5.92 Å². The number of amides is 3. The van der Waals surface area contributed by atoms with Gasteiger partial charge < -0.3 is 24.4 Å². The molecule has 1 aliphatic carbocycles. The Kier molecular flexibility index (Phi) is 8.21. The lowest BCUT2D eigenvalue weighted by Gasteiger charge is -2.41. The van der Waals surface area contributed by atoms with Crippen molar-refractivity contribution >= 4 is 46.2 Å². The lowest BCUT2D eigenvalue weighted by molar-refractivity contribution is -0.0776. The molecule has 1 saturated carbocycles. The number of carbonyl (C=O) groups is 3. The summed E-state index contributed by atoms with van der Waals surface area (Å²) in [5.74, 6) is -0.593. The molecule has 1 aromatic carbocycles. The fourth-order valence-electron chi connectivity index (χ4n) is 5.39. The van der Waals surface area contributed by atoms with Crippen LogP contribution in [0.25, 0.3) is 21.9 Å². The Morgan fingerprint density at radius 3 is 2.40 bits per heavy atom. The number of pyridine rings is 2.